The predicted octanol–water partition coefficient (Wildman–Crippen LogP) is 1.52. The first-order chi connectivity index (χ1) is 9.15. The number of hydrogen-bond acceptors (Lipinski definition) is 3. The van der Waals surface area contributed by atoms with E-state index in [4.69, 9.17) is 4.74 Å². The molecule has 1 aromatic rings. The number of halogens is 1. The standard InChI is InChI=1S/C14H19FN2O2/c1-16-8-10-5-6-17(9-10)14(18)11-3-4-13(19-2)12(15)7-11/h3-4,7,10,16H,5-6,8-9H2,1-2H3. The van der Waals surface area contributed by atoms with Crippen LogP contribution in [0.3, 0.4) is 0 Å². The van der Waals surface area contributed by atoms with Crippen LogP contribution in [0, 0.1) is 11.7 Å². The zero-order chi connectivity index (χ0) is 13.8. The first-order valence-corrected chi connectivity index (χ1v) is 6.43. The first-order valence-electron chi connectivity index (χ1n) is 6.43. The molecule has 104 valence electrons. The normalized spacial score (nSPS) is 18.7. The van der Waals surface area contributed by atoms with Gasteiger partial charge in [0.1, 0.15) is 0 Å². The van der Waals surface area contributed by atoms with Crippen molar-refractivity contribution in [2.24, 2.45) is 5.92 Å². The van der Waals surface area contributed by atoms with Gasteiger partial charge in [0.2, 0.25) is 0 Å². The third kappa shape index (κ3) is 3.04. The Kier molecular flexibility index (Phi) is 4.37. The zero-order valence-corrected chi connectivity index (χ0v) is 11.3. The number of carbonyl (C=O) groups excluding carboxylic acids is 1. The van der Waals surface area contributed by atoms with Crippen LogP contribution in [0.15, 0.2) is 18.2 Å². The lowest BCUT2D eigenvalue weighted by Crippen LogP contribution is -2.30. The van der Waals surface area contributed by atoms with Gasteiger partial charge in [0.05, 0.1) is 7.11 Å². The van der Waals surface area contributed by atoms with Gasteiger partial charge in [-0.3, -0.25) is 4.79 Å². The van der Waals surface area contributed by atoms with Gasteiger partial charge < -0.3 is 15.0 Å². The molecule has 0 radical (unpaired) electrons. The van der Waals surface area contributed by atoms with Crippen molar-refractivity contribution < 1.29 is 13.9 Å². The second kappa shape index (κ2) is 6.02. The van der Waals surface area contributed by atoms with Gasteiger partial charge in [-0.1, -0.05) is 0 Å². The van der Waals surface area contributed by atoms with Crippen LogP contribution in [-0.4, -0.2) is 44.6 Å². The number of amides is 1. The molecule has 4 nitrogen and oxygen atoms in total. The molecule has 1 saturated heterocycles. The van der Waals surface area contributed by atoms with E-state index >= 15 is 0 Å². The number of methoxy groups -OCH3 is 1. The number of benzene rings is 1. The van der Waals surface area contributed by atoms with Gasteiger partial charge in [0.15, 0.2) is 11.6 Å². The summed E-state index contributed by atoms with van der Waals surface area (Å²) < 4.78 is 18.4. The van der Waals surface area contributed by atoms with E-state index in [9.17, 15) is 9.18 Å². The maximum absolute atomic E-state index is 13.6. The maximum Gasteiger partial charge on any atom is 0.253 e. The Balaban J connectivity index is 2.06. The van der Waals surface area contributed by atoms with Crippen LogP contribution < -0.4 is 10.1 Å². The fourth-order valence-corrected chi connectivity index (χ4v) is 2.45. The molecule has 1 N–H and O–H groups in total. The summed E-state index contributed by atoms with van der Waals surface area (Å²) >= 11 is 0. The van der Waals surface area contributed by atoms with E-state index in [0.29, 0.717) is 11.5 Å². The summed E-state index contributed by atoms with van der Waals surface area (Å²) in [6.45, 7) is 2.37. The number of nitrogens with zero attached hydrogens (tertiary/aromatic N) is 1. The summed E-state index contributed by atoms with van der Waals surface area (Å²) in [5, 5.41) is 3.12. The smallest absolute Gasteiger partial charge is 0.253 e. The van der Waals surface area contributed by atoms with Crippen molar-refractivity contribution in [3.05, 3.63) is 29.6 Å². The van der Waals surface area contributed by atoms with E-state index in [1.807, 2.05) is 7.05 Å². The van der Waals surface area contributed by atoms with E-state index in [1.54, 1.807) is 11.0 Å². The average Bonchev–Trinajstić information content (AvgIpc) is 2.87. The lowest BCUT2D eigenvalue weighted by Gasteiger charge is -2.17. The predicted molar refractivity (Wildman–Crippen MR) is 70.9 cm³/mol. The molecule has 1 aliphatic rings. The number of hydrogen-bond donors (Lipinski definition) is 1. The molecule has 0 aromatic heterocycles. The average molecular weight is 266 g/mol. The number of ether oxygens (including phenoxy) is 1. The molecule has 0 spiro atoms. The Bertz CT molecular complexity index is 465. The van der Waals surface area contributed by atoms with Gasteiger partial charge in [-0.25, -0.2) is 4.39 Å². The summed E-state index contributed by atoms with van der Waals surface area (Å²) in [4.78, 5) is 14.0. The van der Waals surface area contributed by atoms with Crippen molar-refractivity contribution in [2.45, 2.75) is 6.42 Å². The Morgan fingerprint density at radius 3 is 3.00 bits per heavy atom. The zero-order valence-electron chi connectivity index (χ0n) is 11.3. The number of likely N-dealkylation sites (tertiary alicyclic amines) is 1. The van der Waals surface area contributed by atoms with Crippen LogP contribution in [0.4, 0.5) is 4.39 Å². The van der Waals surface area contributed by atoms with Crippen LogP contribution in [0.1, 0.15) is 16.8 Å². The highest BCUT2D eigenvalue weighted by Crippen LogP contribution is 2.21. The summed E-state index contributed by atoms with van der Waals surface area (Å²) in [5.41, 5.74) is 0.378. The molecule has 1 atom stereocenters. The van der Waals surface area contributed by atoms with Crippen molar-refractivity contribution in [1.29, 1.82) is 0 Å². The maximum atomic E-state index is 13.6. The molecule has 0 bridgehead atoms. The van der Waals surface area contributed by atoms with E-state index in [2.05, 4.69) is 5.32 Å². The molecule has 19 heavy (non-hydrogen) atoms. The van der Waals surface area contributed by atoms with Crippen LogP contribution in [0.2, 0.25) is 0 Å². The Hall–Kier alpha value is -1.62. The second-order valence-electron chi connectivity index (χ2n) is 4.81. The van der Waals surface area contributed by atoms with Crippen LogP contribution in [-0.2, 0) is 0 Å². The molecular weight excluding hydrogens is 247 g/mol. The minimum absolute atomic E-state index is 0.111. The monoisotopic (exact) mass is 266 g/mol. The molecule has 5 heteroatoms. The number of rotatable bonds is 4. The van der Waals surface area contributed by atoms with Gasteiger partial charge in [-0.05, 0) is 44.1 Å². The topological polar surface area (TPSA) is 41.6 Å². The molecule has 0 saturated carbocycles. The Labute approximate surface area is 112 Å². The summed E-state index contributed by atoms with van der Waals surface area (Å²) in [5.74, 6) is 0.0301. The third-order valence-electron chi connectivity index (χ3n) is 3.46. The van der Waals surface area contributed by atoms with Gasteiger partial charge >= 0.3 is 0 Å². The molecular formula is C14H19FN2O2. The van der Waals surface area contributed by atoms with Gasteiger partial charge in [-0.2, -0.15) is 0 Å². The van der Waals surface area contributed by atoms with Crippen molar-refractivity contribution in [3.8, 4) is 5.75 Å². The molecule has 1 fully saturated rings. The molecule has 1 amide bonds. The van der Waals surface area contributed by atoms with Gasteiger partial charge in [-0.15, -0.1) is 0 Å². The number of nitrogens with one attached hydrogen (secondary N) is 1. The van der Waals surface area contributed by atoms with Crippen molar-refractivity contribution >= 4 is 5.91 Å². The van der Waals surface area contributed by atoms with Crippen LogP contribution in [0.25, 0.3) is 0 Å². The van der Waals surface area contributed by atoms with Crippen LogP contribution in [0.5, 0.6) is 5.75 Å². The lowest BCUT2D eigenvalue weighted by atomic mass is 10.1. The fraction of sp³-hybridized carbons (Fsp3) is 0.500. The number of carbonyl (C=O) groups is 1. The summed E-state index contributed by atoms with van der Waals surface area (Å²) in [6.07, 6.45) is 0.991. The molecule has 1 unspecified atom stereocenters. The Morgan fingerprint density at radius 1 is 1.58 bits per heavy atom. The molecule has 1 aliphatic heterocycles. The van der Waals surface area contributed by atoms with Gasteiger partial charge in [0, 0.05) is 18.7 Å². The summed E-state index contributed by atoms with van der Waals surface area (Å²) in [7, 11) is 3.31. The Morgan fingerprint density at radius 2 is 2.37 bits per heavy atom. The first kappa shape index (κ1) is 13.8. The minimum Gasteiger partial charge on any atom is -0.494 e. The summed E-state index contributed by atoms with van der Waals surface area (Å²) in [6, 6.07) is 4.34. The van der Waals surface area contributed by atoms with Gasteiger partial charge in [0.25, 0.3) is 5.91 Å². The third-order valence-corrected chi connectivity index (χ3v) is 3.46. The van der Waals surface area contributed by atoms with Crippen molar-refractivity contribution in [3.63, 3.8) is 0 Å². The van der Waals surface area contributed by atoms with E-state index in [0.717, 1.165) is 26.1 Å². The van der Waals surface area contributed by atoms with Crippen molar-refractivity contribution in [1.82, 2.24) is 10.2 Å². The fourth-order valence-electron chi connectivity index (χ4n) is 2.45. The molecule has 1 heterocycles. The van der Waals surface area contributed by atoms with E-state index in [-0.39, 0.29) is 11.7 Å². The molecule has 2 rings (SSSR count). The van der Waals surface area contributed by atoms with E-state index in [1.165, 1.54) is 19.2 Å². The highest BCUT2D eigenvalue weighted by atomic mass is 19.1. The second-order valence-corrected chi connectivity index (χ2v) is 4.81. The van der Waals surface area contributed by atoms with E-state index < -0.39 is 5.82 Å². The SMILES string of the molecule is CNCC1CCN(C(=O)c2ccc(OC)c(F)c2)C1. The highest BCUT2D eigenvalue weighted by molar-refractivity contribution is 5.94. The quantitative estimate of drug-likeness (QED) is 0.898. The molecule has 0 aliphatic carbocycles. The minimum atomic E-state index is -0.501. The lowest BCUT2D eigenvalue weighted by molar-refractivity contribution is 0.0786. The highest BCUT2D eigenvalue weighted by Gasteiger charge is 2.26. The van der Waals surface area contributed by atoms with Crippen LogP contribution >= 0.6 is 0 Å². The van der Waals surface area contributed by atoms with Crippen molar-refractivity contribution in [2.75, 3.05) is 33.8 Å². The molecule has 1 aromatic carbocycles. The largest absolute Gasteiger partial charge is 0.494 e.